The van der Waals surface area contributed by atoms with Crippen LogP contribution in [0.25, 0.3) is 0 Å². The molecule has 0 bridgehead atoms. The van der Waals surface area contributed by atoms with E-state index in [9.17, 15) is 8.42 Å². The van der Waals surface area contributed by atoms with Gasteiger partial charge in [-0.05, 0) is 36.8 Å². The molecule has 1 saturated carbocycles. The van der Waals surface area contributed by atoms with Crippen molar-refractivity contribution in [3.05, 3.63) is 0 Å². The van der Waals surface area contributed by atoms with E-state index in [0.29, 0.717) is 35.2 Å². The van der Waals surface area contributed by atoms with Crippen LogP contribution < -0.4 is 5.32 Å². The summed E-state index contributed by atoms with van der Waals surface area (Å²) in [7, 11) is -2.65. The van der Waals surface area contributed by atoms with E-state index in [1.54, 1.807) is 0 Å². The molecular formula is C8H13NO2S. The average Bonchev–Trinajstić information content (AvgIpc) is 2.49. The SMILES string of the molecule is O=S1(=O)C[C@@H]2[C@@H]3CNC[C@@H]3[C@H]2C1. The second kappa shape index (κ2) is 2.04. The minimum atomic E-state index is -2.65. The average molecular weight is 187 g/mol. The van der Waals surface area contributed by atoms with Gasteiger partial charge in [0.25, 0.3) is 0 Å². The maximum atomic E-state index is 11.3. The lowest BCUT2D eigenvalue weighted by atomic mass is 9.60. The molecule has 3 rings (SSSR count). The number of hydrogen-bond donors (Lipinski definition) is 1. The molecule has 0 aromatic heterocycles. The number of fused-ring (bicyclic) bond motifs is 4. The zero-order valence-corrected chi connectivity index (χ0v) is 7.68. The standard InChI is InChI=1S/C8H13NO2S/c10-12(11)3-7-5-1-9-2-6(5)8(7)4-12/h5-9H,1-4H2/t5-,6+,7-,8-/m1/s1. The predicted octanol–water partition coefficient (Wildman–Crippen LogP) is -0.504. The summed E-state index contributed by atoms with van der Waals surface area (Å²) in [6, 6.07) is 0. The van der Waals surface area contributed by atoms with Crippen molar-refractivity contribution in [1.29, 1.82) is 0 Å². The third-order valence-corrected chi connectivity index (χ3v) is 5.64. The molecule has 0 aromatic rings. The van der Waals surface area contributed by atoms with Crippen LogP contribution in [-0.2, 0) is 9.84 Å². The van der Waals surface area contributed by atoms with Gasteiger partial charge in [0.2, 0.25) is 0 Å². The summed E-state index contributed by atoms with van der Waals surface area (Å²) in [5.41, 5.74) is 0. The smallest absolute Gasteiger partial charge is 0.150 e. The first kappa shape index (κ1) is 7.33. The van der Waals surface area contributed by atoms with E-state index in [-0.39, 0.29) is 0 Å². The molecule has 12 heavy (non-hydrogen) atoms. The van der Waals surface area contributed by atoms with Gasteiger partial charge in [0.15, 0.2) is 9.84 Å². The topological polar surface area (TPSA) is 46.2 Å². The van der Waals surface area contributed by atoms with Crippen molar-refractivity contribution in [2.75, 3.05) is 24.6 Å². The first-order valence-corrected chi connectivity index (χ1v) is 6.41. The molecule has 3 fully saturated rings. The van der Waals surface area contributed by atoms with Crippen LogP contribution in [-0.4, -0.2) is 33.0 Å². The van der Waals surface area contributed by atoms with Crippen molar-refractivity contribution in [3.8, 4) is 0 Å². The first-order valence-electron chi connectivity index (χ1n) is 4.58. The number of sulfone groups is 1. The van der Waals surface area contributed by atoms with Gasteiger partial charge in [0.05, 0.1) is 11.5 Å². The molecule has 68 valence electrons. The molecule has 0 amide bonds. The zero-order chi connectivity index (χ0) is 8.34. The van der Waals surface area contributed by atoms with E-state index in [0.717, 1.165) is 13.1 Å². The molecule has 3 nitrogen and oxygen atoms in total. The summed E-state index contributed by atoms with van der Waals surface area (Å²) in [6.07, 6.45) is 0. The molecule has 2 heterocycles. The molecular weight excluding hydrogens is 174 g/mol. The monoisotopic (exact) mass is 187 g/mol. The molecule has 2 aliphatic heterocycles. The Kier molecular flexibility index (Phi) is 1.25. The van der Waals surface area contributed by atoms with Crippen molar-refractivity contribution in [1.82, 2.24) is 5.32 Å². The fourth-order valence-electron chi connectivity index (χ4n) is 3.30. The Labute approximate surface area is 72.5 Å². The molecule has 4 heteroatoms. The molecule has 0 unspecified atom stereocenters. The summed E-state index contributed by atoms with van der Waals surface area (Å²) in [4.78, 5) is 0. The van der Waals surface area contributed by atoms with E-state index >= 15 is 0 Å². The van der Waals surface area contributed by atoms with E-state index in [1.807, 2.05) is 0 Å². The quantitative estimate of drug-likeness (QED) is 0.556. The Morgan fingerprint density at radius 3 is 1.92 bits per heavy atom. The second-order valence-corrected chi connectivity index (χ2v) is 6.54. The highest BCUT2D eigenvalue weighted by molar-refractivity contribution is 7.91. The maximum absolute atomic E-state index is 11.3. The van der Waals surface area contributed by atoms with Crippen LogP contribution in [0.3, 0.4) is 0 Å². The van der Waals surface area contributed by atoms with Gasteiger partial charge in [-0.1, -0.05) is 0 Å². The molecule has 1 aliphatic carbocycles. The van der Waals surface area contributed by atoms with Crippen LogP contribution in [0.5, 0.6) is 0 Å². The zero-order valence-electron chi connectivity index (χ0n) is 6.86. The fourth-order valence-corrected chi connectivity index (χ4v) is 5.59. The molecule has 1 N–H and O–H groups in total. The Bertz CT molecular complexity index is 287. The molecule has 0 spiro atoms. The van der Waals surface area contributed by atoms with Crippen molar-refractivity contribution >= 4 is 9.84 Å². The van der Waals surface area contributed by atoms with Crippen LogP contribution in [0.2, 0.25) is 0 Å². The summed E-state index contributed by atoms with van der Waals surface area (Å²) in [5.74, 6) is 3.34. The Morgan fingerprint density at radius 1 is 0.917 bits per heavy atom. The Balaban J connectivity index is 1.90. The number of nitrogens with one attached hydrogen (secondary N) is 1. The summed E-state index contributed by atoms with van der Waals surface area (Å²) in [6.45, 7) is 2.11. The number of rotatable bonds is 0. The molecule has 4 atom stereocenters. The fraction of sp³-hybridized carbons (Fsp3) is 1.00. The van der Waals surface area contributed by atoms with Gasteiger partial charge in [0, 0.05) is 0 Å². The van der Waals surface area contributed by atoms with Gasteiger partial charge < -0.3 is 5.32 Å². The molecule has 2 saturated heterocycles. The summed E-state index contributed by atoms with van der Waals surface area (Å²) in [5, 5.41) is 3.35. The van der Waals surface area contributed by atoms with Gasteiger partial charge in [-0.2, -0.15) is 0 Å². The van der Waals surface area contributed by atoms with Crippen molar-refractivity contribution in [3.63, 3.8) is 0 Å². The predicted molar refractivity (Wildman–Crippen MR) is 45.5 cm³/mol. The number of hydrogen-bond acceptors (Lipinski definition) is 3. The minimum absolute atomic E-state index is 0.473. The highest BCUT2D eigenvalue weighted by atomic mass is 32.2. The normalized spacial score (nSPS) is 54.3. The van der Waals surface area contributed by atoms with E-state index < -0.39 is 9.84 Å². The summed E-state index contributed by atoms with van der Waals surface area (Å²) >= 11 is 0. The summed E-state index contributed by atoms with van der Waals surface area (Å²) < 4.78 is 22.6. The van der Waals surface area contributed by atoms with E-state index in [1.165, 1.54) is 0 Å². The van der Waals surface area contributed by atoms with Gasteiger partial charge in [0.1, 0.15) is 0 Å². The second-order valence-electron chi connectivity index (χ2n) is 4.39. The lowest BCUT2D eigenvalue weighted by molar-refractivity contribution is 0.0629. The Hall–Kier alpha value is -0.0900. The van der Waals surface area contributed by atoms with Gasteiger partial charge >= 0.3 is 0 Å². The van der Waals surface area contributed by atoms with E-state index in [4.69, 9.17) is 0 Å². The molecule has 0 radical (unpaired) electrons. The lowest BCUT2D eigenvalue weighted by Gasteiger charge is -2.43. The van der Waals surface area contributed by atoms with E-state index in [2.05, 4.69) is 5.32 Å². The van der Waals surface area contributed by atoms with Crippen LogP contribution >= 0.6 is 0 Å². The first-order chi connectivity index (χ1) is 5.67. The minimum Gasteiger partial charge on any atom is -0.316 e. The highest BCUT2D eigenvalue weighted by Crippen LogP contribution is 2.52. The van der Waals surface area contributed by atoms with Crippen molar-refractivity contribution in [2.45, 2.75) is 0 Å². The maximum Gasteiger partial charge on any atom is 0.150 e. The van der Waals surface area contributed by atoms with Crippen LogP contribution in [0.4, 0.5) is 0 Å². The Morgan fingerprint density at radius 2 is 1.42 bits per heavy atom. The van der Waals surface area contributed by atoms with Gasteiger partial charge in [-0.25, -0.2) is 8.42 Å². The largest absolute Gasteiger partial charge is 0.316 e. The lowest BCUT2D eigenvalue weighted by Crippen LogP contribution is -2.44. The third kappa shape index (κ3) is 0.773. The van der Waals surface area contributed by atoms with Gasteiger partial charge in [-0.3, -0.25) is 0 Å². The third-order valence-electron chi connectivity index (χ3n) is 3.85. The highest BCUT2D eigenvalue weighted by Gasteiger charge is 2.58. The van der Waals surface area contributed by atoms with Crippen molar-refractivity contribution in [2.24, 2.45) is 23.7 Å². The van der Waals surface area contributed by atoms with Crippen LogP contribution in [0.15, 0.2) is 0 Å². The molecule has 3 aliphatic rings. The van der Waals surface area contributed by atoms with Gasteiger partial charge in [-0.15, -0.1) is 0 Å². The van der Waals surface area contributed by atoms with Crippen LogP contribution in [0.1, 0.15) is 0 Å². The van der Waals surface area contributed by atoms with Crippen LogP contribution in [0, 0.1) is 23.7 Å². The van der Waals surface area contributed by atoms with Crippen molar-refractivity contribution < 1.29 is 8.42 Å². The molecule has 0 aromatic carbocycles.